The number of aromatic nitrogens is 2. The van der Waals surface area contributed by atoms with E-state index in [-0.39, 0.29) is 0 Å². The number of anilines is 1. The van der Waals surface area contributed by atoms with E-state index in [0.29, 0.717) is 0 Å². The number of hydrogen-bond donors (Lipinski definition) is 1. The minimum absolute atomic E-state index is 0.930. The highest BCUT2D eigenvalue weighted by Gasteiger charge is 1.98. The molecule has 1 aromatic heterocycles. The monoisotopic (exact) mass is 175 g/mol. The summed E-state index contributed by atoms with van der Waals surface area (Å²) in [4.78, 5) is 8.38. The van der Waals surface area contributed by atoms with E-state index in [0.717, 1.165) is 40.5 Å². The number of nitrogens with one attached hydrogen (secondary N) is 1. The van der Waals surface area contributed by atoms with E-state index in [1.165, 1.54) is 5.22 Å². The molecule has 0 fully saturated rings. The van der Waals surface area contributed by atoms with Gasteiger partial charge in [0, 0.05) is 5.22 Å². The normalized spacial score (nSPS) is 14.0. The van der Waals surface area contributed by atoms with Gasteiger partial charge < -0.3 is 4.30 Å². The lowest BCUT2D eigenvalue weighted by Crippen LogP contribution is -2.33. The van der Waals surface area contributed by atoms with Crippen LogP contribution in [0, 0.1) is 0 Å². The van der Waals surface area contributed by atoms with Gasteiger partial charge in [0.2, 0.25) is 0 Å². The zero-order valence-corrected chi connectivity index (χ0v) is 9.04. The number of nitrogens with zero attached hydrogens (tertiary/aromatic N) is 2. The second-order valence-corrected chi connectivity index (χ2v) is 3.26. The number of fused-ring (bicyclic) bond motifs is 1. The van der Waals surface area contributed by atoms with E-state index in [1.54, 1.807) is 6.33 Å². The van der Waals surface area contributed by atoms with Crippen molar-refractivity contribution in [3.8, 4) is 0 Å². The van der Waals surface area contributed by atoms with E-state index in [2.05, 4.69) is 26.4 Å². The minimum Gasteiger partial charge on any atom is -0.466 e. The van der Waals surface area contributed by atoms with Crippen LogP contribution in [0.4, 0.5) is 5.82 Å². The highest BCUT2D eigenvalue weighted by molar-refractivity contribution is 6.15. The smallest absolute Gasteiger partial charge is 0.362 e. The largest absolute Gasteiger partial charge is 0.466 e. The molecule has 12 heavy (non-hydrogen) atoms. The summed E-state index contributed by atoms with van der Waals surface area (Å²) in [7, 11) is 0. The van der Waals surface area contributed by atoms with Crippen molar-refractivity contribution in [1.29, 1.82) is 0 Å². The average molecular weight is 175 g/mol. The summed E-state index contributed by atoms with van der Waals surface area (Å²) in [6, 6.07) is 0. The lowest BCUT2D eigenvalue weighted by atomic mass is 10.1. The molecule has 0 saturated carbocycles. The fourth-order valence-corrected chi connectivity index (χ4v) is 1.82. The lowest BCUT2D eigenvalue weighted by molar-refractivity contribution is 1.04. The van der Waals surface area contributed by atoms with Gasteiger partial charge >= 0.3 is 16.5 Å². The molecule has 1 aliphatic rings. The van der Waals surface area contributed by atoms with Gasteiger partial charge in [0.05, 0.1) is 5.35 Å². The zero-order chi connectivity index (χ0) is 8.39. The Morgan fingerprint density at radius 1 is 1.25 bits per heavy atom. The third-order valence-electron chi connectivity index (χ3n) is 2.00. The van der Waals surface area contributed by atoms with Gasteiger partial charge in [-0.3, -0.25) is 0 Å². The molecule has 0 spiro atoms. The summed E-state index contributed by atoms with van der Waals surface area (Å²) in [6.07, 6.45) is 8.20. The molecule has 1 N–H and O–H groups in total. The molecule has 0 atom stereocenters. The summed E-state index contributed by atoms with van der Waals surface area (Å²) >= 11 is 0.930. The van der Waals surface area contributed by atoms with Crippen LogP contribution in [0.5, 0.6) is 0 Å². The molecule has 0 bridgehead atoms. The van der Waals surface area contributed by atoms with Crippen LogP contribution in [0.3, 0.4) is 0 Å². The summed E-state index contributed by atoms with van der Waals surface area (Å²) in [5, 5.41) is 2.26. The van der Waals surface area contributed by atoms with Crippen molar-refractivity contribution in [3.63, 3.8) is 0 Å². The van der Waals surface area contributed by atoms with Crippen LogP contribution < -0.4 is 14.9 Å². The first-order valence-electron chi connectivity index (χ1n) is 4.11. The van der Waals surface area contributed by atoms with Crippen molar-refractivity contribution in [2.75, 3.05) is 4.30 Å². The van der Waals surface area contributed by atoms with Gasteiger partial charge in [-0.1, -0.05) is 12.2 Å². The Morgan fingerprint density at radius 3 is 2.92 bits per heavy atom. The van der Waals surface area contributed by atoms with E-state index >= 15 is 0 Å². The summed E-state index contributed by atoms with van der Waals surface area (Å²) in [5.41, 5.74) is 0. The second-order valence-electron chi connectivity index (χ2n) is 2.76. The SMILES string of the molecule is [AlH2][NH]c1ncnc2c1=CCCC=2. The number of rotatable bonds is 1. The minimum atomic E-state index is 0.930. The lowest BCUT2D eigenvalue weighted by Gasteiger charge is -2.03. The van der Waals surface area contributed by atoms with Crippen molar-refractivity contribution in [2.45, 2.75) is 12.8 Å². The van der Waals surface area contributed by atoms with Gasteiger partial charge in [-0.05, 0) is 12.8 Å². The van der Waals surface area contributed by atoms with Gasteiger partial charge in [0.1, 0.15) is 12.1 Å². The topological polar surface area (TPSA) is 37.8 Å². The molecule has 1 aromatic rings. The van der Waals surface area contributed by atoms with Crippen molar-refractivity contribution >= 4 is 34.5 Å². The maximum absolute atomic E-state index is 4.21. The summed E-state index contributed by atoms with van der Waals surface area (Å²) < 4.78 is 3.19. The predicted molar refractivity (Wildman–Crippen MR) is 51.6 cm³/mol. The third-order valence-corrected chi connectivity index (χ3v) is 2.48. The van der Waals surface area contributed by atoms with Crippen LogP contribution in [-0.2, 0) is 0 Å². The Bertz CT molecular complexity index is 399. The Hall–Kier alpha value is -0.848. The molecule has 60 valence electrons. The van der Waals surface area contributed by atoms with Crippen molar-refractivity contribution in [2.24, 2.45) is 0 Å². The van der Waals surface area contributed by atoms with E-state index in [4.69, 9.17) is 0 Å². The highest BCUT2D eigenvalue weighted by Crippen LogP contribution is 1.96. The van der Waals surface area contributed by atoms with Crippen molar-refractivity contribution in [3.05, 3.63) is 16.9 Å². The fourth-order valence-electron chi connectivity index (χ4n) is 1.42. The quantitative estimate of drug-likeness (QED) is 0.544. The third kappa shape index (κ3) is 1.24. The van der Waals surface area contributed by atoms with E-state index in [9.17, 15) is 0 Å². The maximum Gasteiger partial charge on any atom is 0.362 e. The fraction of sp³-hybridized carbons (Fsp3) is 0.250. The molecular weight excluding hydrogens is 165 g/mol. The van der Waals surface area contributed by atoms with Gasteiger partial charge in [0.15, 0.2) is 0 Å². The molecule has 3 nitrogen and oxygen atoms in total. The van der Waals surface area contributed by atoms with Crippen molar-refractivity contribution in [1.82, 2.24) is 9.97 Å². The summed E-state index contributed by atoms with van der Waals surface area (Å²) in [5.74, 6) is 0.989. The average Bonchev–Trinajstić information content (AvgIpc) is 2.17. The molecule has 2 rings (SSSR count). The molecular formula is C8H10AlN3. The standard InChI is InChI=1S/C8H8N3.Al.2H/c9-8-6-3-1-2-4-7(6)10-5-11-8;;;/h3-5H,1-2H2,(H-,9,10,11);;;/q-1;+1;;. The molecule has 0 aliphatic heterocycles. The zero-order valence-electron chi connectivity index (χ0n) is 7.04. The number of hydrogen-bond acceptors (Lipinski definition) is 3. The van der Waals surface area contributed by atoms with Gasteiger partial charge in [-0.15, -0.1) is 0 Å². The first-order valence-corrected chi connectivity index (χ1v) is 5.11. The Kier molecular flexibility index (Phi) is 2.11. The molecule has 0 saturated heterocycles. The molecule has 0 aromatic carbocycles. The van der Waals surface area contributed by atoms with Crippen LogP contribution in [0.1, 0.15) is 12.8 Å². The Labute approximate surface area is 78.9 Å². The molecule has 1 aliphatic carbocycles. The van der Waals surface area contributed by atoms with E-state index in [1.807, 2.05) is 0 Å². The van der Waals surface area contributed by atoms with Crippen LogP contribution in [0.2, 0.25) is 0 Å². The first kappa shape index (κ1) is 7.78. The van der Waals surface area contributed by atoms with Gasteiger partial charge in [-0.25, -0.2) is 9.97 Å². The predicted octanol–water partition coefficient (Wildman–Crippen LogP) is -1.21. The first-order chi connectivity index (χ1) is 5.92. The summed E-state index contributed by atoms with van der Waals surface area (Å²) in [6.45, 7) is 0. The van der Waals surface area contributed by atoms with Gasteiger partial charge in [0.25, 0.3) is 0 Å². The second kappa shape index (κ2) is 3.26. The molecule has 1 heterocycles. The maximum atomic E-state index is 4.21. The van der Waals surface area contributed by atoms with Gasteiger partial charge in [-0.2, -0.15) is 0 Å². The molecule has 4 heteroatoms. The van der Waals surface area contributed by atoms with Crippen LogP contribution in [0.25, 0.3) is 12.2 Å². The van der Waals surface area contributed by atoms with Crippen LogP contribution in [0.15, 0.2) is 6.33 Å². The van der Waals surface area contributed by atoms with E-state index < -0.39 is 0 Å². The van der Waals surface area contributed by atoms with Crippen LogP contribution >= 0.6 is 0 Å². The van der Waals surface area contributed by atoms with Crippen molar-refractivity contribution < 1.29 is 0 Å². The highest BCUT2D eigenvalue weighted by atomic mass is 27.1. The molecule has 0 unspecified atom stereocenters. The molecule has 0 radical (unpaired) electrons. The Morgan fingerprint density at radius 2 is 2.08 bits per heavy atom. The van der Waals surface area contributed by atoms with Crippen LogP contribution in [-0.4, -0.2) is 26.5 Å². The molecule has 0 amide bonds. The Balaban J connectivity index is 2.77.